The number of halogens is 5. The van der Waals surface area contributed by atoms with E-state index in [0.717, 1.165) is 18.2 Å². The molecule has 0 aliphatic carbocycles. The Morgan fingerprint density at radius 3 is 2.39 bits per heavy atom. The topological polar surface area (TPSA) is 66.0 Å². The summed E-state index contributed by atoms with van der Waals surface area (Å²) in [6, 6.07) is 5.17. The molecule has 166 valence electrons. The molecule has 2 amide bonds. The Morgan fingerprint density at radius 1 is 1.10 bits per heavy atom. The lowest BCUT2D eigenvalue weighted by molar-refractivity contribution is -0.274. The van der Waals surface area contributed by atoms with Gasteiger partial charge in [-0.05, 0) is 44.2 Å². The number of anilines is 2. The third-order valence-corrected chi connectivity index (χ3v) is 3.83. The predicted molar refractivity (Wildman–Crippen MR) is 108 cm³/mol. The fraction of sp³-hybridized carbons (Fsp3) is 0.200. The molecule has 2 N–H and O–H groups in total. The van der Waals surface area contributed by atoms with Crippen molar-refractivity contribution >= 4 is 29.3 Å². The molecule has 11 heteroatoms. The fourth-order valence-corrected chi connectivity index (χ4v) is 2.65. The molecule has 0 spiro atoms. The van der Waals surface area contributed by atoms with Crippen LogP contribution in [0.5, 0.6) is 5.75 Å². The van der Waals surface area contributed by atoms with Gasteiger partial charge in [0.15, 0.2) is 0 Å². The number of nitrogens with zero attached hydrogens (tertiary/aromatic N) is 2. The van der Waals surface area contributed by atoms with Gasteiger partial charge in [0, 0.05) is 30.6 Å². The second-order valence-electron chi connectivity index (χ2n) is 6.03. The molecule has 2 aromatic carbocycles. The Kier molecular flexibility index (Phi) is 7.56. The van der Waals surface area contributed by atoms with E-state index in [4.69, 9.17) is 0 Å². The molecule has 0 unspecified atom stereocenters. The number of hydrogen-bond acceptors (Lipinski definition) is 4. The number of nitrogens with one attached hydrogen (secondary N) is 2. The van der Waals surface area contributed by atoms with Crippen molar-refractivity contribution in [2.75, 3.05) is 17.7 Å². The molecule has 0 radical (unpaired) electrons. The molecule has 0 aliphatic rings. The first kappa shape index (κ1) is 23.6. The van der Waals surface area contributed by atoms with Crippen LogP contribution in [0, 0.1) is 11.6 Å². The summed E-state index contributed by atoms with van der Waals surface area (Å²) >= 11 is 0. The monoisotopic (exact) mass is 442 g/mol. The zero-order valence-corrected chi connectivity index (χ0v) is 16.7. The van der Waals surface area contributed by atoms with Crippen molar-refractivity contribution < 1.29 is 31.5 Å². The number of hydrogen-bond donors (Lipinski definition) is 2. The Morgan fingerprint density at radius 2 is 1.81 bits per heavy atom. The Hall–Kier alpha value is -3.63. The molecule has 0 heterocycles. The summed E-state index contributed by atoms with van der Waals surface area (Å²) in [6.45, 7) is 3.23. The van der Waals surface area contributed by atoms with Crippen LogP contribution in [0.15, 0.2) is 47.6 Å². The predicted octanol–water partition coefficient (Wildman–Crippen LogP) is 5.81. The van der Waals surface area contributed by atoms with Crippen molar-refractivity contribution in [3.8, 4) is 5.75 Å². The highest BCUT2D eigenvalue weighted by molar-refractivity contribution is 6.00. The smallest absolute Gasteiger partial charge is 0.405 e. The maximum atomic E-state index is 13.7. The van der Waals surface area contributed by atoms with E-state index >= 15 is 0 Å². The molecule has 2 rings (SSSR count). The molecule has 31 heavy (non-hydrogen) atoms. The number of hydrazone groups is 1. The van der Waals surface area contributed by atoms with Gasteiger partial charge >= 0.3 is 12.4 Å². The van der Waals surface area contributed by atoms with Crippen LogP contribution >= 0.6 is 0 Å². The number of allylic oxidation sites excluding steroid dienone is 1. The van der Waals surface area contributed by atoms with Crippen LogP contribution < -0.4 is 15.4 Å². The number of benzene rings is 2. The van der Waals surface area contributed by atoms with E-state index in [2.05, 4.69) is 20.5 Å². The van der Waals surface area contributed by atoms with Gasteiger partial charge in [-0.25, -0.2) is 13.6 Å². The largest absolute Gasteiger partial charge is 0.573 e. The van der Waals surface area contributed by atoms with Crippen molar-refractivity contribution in [1.29, 1.82) is 0 Å². The van der Waals surface area contributed by atoms with Gasteiger partial charge in [0.25, 0.3) is 0 Å². The fourth-order valence-electron chi connectivity index (χ4n) is 2.65. The summed E-state index contributed by atoms with van der Waals surface area (Å²) in [4.78, 5) is 12.2. The van der Waals surface area contributed by atoms with E-state index in [1.165, 1.54) is 36.5 Å². The first-order valence-electron chi connectivity index (χ1n) is 8.86. The van der Waals surface area contributed by atoms with Gasteiger partial charge in [-0.1, -0.05) is 6.08 Å². The Bertz CT molecular complexity index is 1010. The molecule has 0 saturated heterocycles. The van der Waals surface area contributed by atoms with Crippen molar-refractivity contribution in [2.45, 2.75) is 20.2 Å². The third kappa shape index (κ3) is 6.69. The molecule has 0 aromatic heterocycles. The highest BCUT2D eigenvalue weighted by Gasteiger charge is 2.33. The Labute approximate surface area is 175 Å². The van der Waals surface area contributed by atoms with Gasteiger partial charge < -0.3 is 15.4 Å². The maximum Gasteiger partial charge on any atom is 0.573 e. The highest BCUT2D eigenvalue weighted by Crippen LogP contribution is 2.34. The number of amides is 2. The number of urea groups is 1. The van der Waals surface area contributed by atoms with E-state index in [1.54, 1.807) is 13.8 Å². The van der Waals surface area contributed by atoms with Crippen LogP contribution in [-0.4, -0.2) is 30.7 Å². The molecule has 0 saturated carbocycles. The molecule has 6 nitrogen and oxygen atoms in total. The highest BCUT2D eigenvalue weighted by atomic mass is 19.4. The Balaban J connectivity index is 2.35. The van der Waals surface area contributed by atoms with Gasteiger partial charge in [-0.3, -0.25) is 5.01 Å². The van der Waals surface area contributed by atoms with Crippen LogP contribution in [-0.2, 0) is 0 Å². The zero-order chi connectivity index (χ0) is 23.2. The summed E-state index contributed by atoms with van der Waals surface area (Å²) in [5.74, 6) is -2.31. The number of rotatable bonds is 6. The van der Waals surface area contributed by atoms with E-state index in [1.807, 2.05) is 0 Å². The first-order valence-corrected chi connectivity index (χ1v) is 8.86. The summed E-state index contributed by atoms with van der Waals surface area (Å²) in [5, 5.41) is 9.91. The molecule has 0 fully saturated rings. The quantitative estimate of drug-likeness (QED) is 0.337. The summed E-state index contributed by atoms with van der Waals surface area (Å²) < 4.78 is 69.3. The SMILES string of the molecule is C/C=N\N(C)/C(=C\C)c1cc(NC(=O)Nc2ccc(F)cc2F)ccc1OC(F)(F)F. The van der Waals surface area contributed by atoms with Crippen molar-refractivity contribution in [1.82, 2.24) is 5.01 Å². The van der Waals surface area contributed by atoms with Crippen LogP contribution in [0.1, 0.15) is 19.4 Å². The van der Waals surface area contributed by atoms with Gasteiger partial charge in [0.05, 0.1) is 11.4 Å². The van der Waals surface area contributed by atoms with Crippen molar-refractivity contribution in [2.24, 2.45) is 5.10 Å². The molecule has 2 aromatic rings. The van der Waals surface area contributed by atoms with Gasteiger partial charge in [0.1, 0.15) is 17.4 Å². The minimum Gasteiger partial charge on any atom is -0.405 e. The van der Waals surface area contributed by atoms with Crippen LogP contribution in [0.4, 0.5) is 38.1 Å². The zero-order valence-electron chi connectivity index (χ0n) is 16.7. The van der Waals surface area contributed by atoms with Crippen LogP contribution in [0.2, 0.25) is 0 Å². The first-order chi connectivity index (χ1) is 14.5. The van der Waals surface area contributed by atoms with Gasteiger partial charge in [0.2, 0.25) is 0 Å². The van der Waals surface area contributed by atoms with E-state index in [-0.39, 0.29) is 22.6 Å². The summed E-state index contributed by atoms with van der Waals surface area (Å²) in [5.41, 5.74) is 0.0877. The number of alkyl halides is 3. The molecule has 0 aliphatic heterocycles. The van der Waals surface area contributed by atoms with E-state index in [0.29, 0.717) is 6.07 Å². The van der Waals surface area contributed by atoms with Crippen molar-refractivity contribution in [3.05, 3.63) is 59.7 Å². The minimum absolute atomic E-state index is 0.00122. The summed E-state index contributed by atoms with van der Waals surface area (Å²) in [6.07, 6.45) is -1.98. The second kappa shape index (κ2) is 9.92. The van der Waals surface area contributed by atoms with Crippen molar-refractivity contribution in [3.63, 3.8) is 0 Å². The van der Waals surface area contributed by atoms with E-state index in [9.17, 15) is 26.7 Å². The second-order valence-corrected chi connectivity index (χ2v) is 6.03. The molecule has 0 atom stereocenters. The lowest BCUT2D eigenvalue weighted by Crippen LogP contribution is -2.21. The maximum absolute atomic E-state index is 13.7. The molecular weight excluding hydrogens is 423 g/mol. The number of carbonyl (C=O) groups is 1. The summed E-state index contributed by atoms with van der Waals surface area (Å²) in [7, 11) is 1.52. The standard InChI is InChI=1S/C20H19F5N4O2/c1-4-17(29(3)26-5-2)14-11-13(7-9-18(14)31-20(23,24)25)27-19(30)28-16-8-6-12(21)10-15(16)22/h4-11H,1-3H3,(H2,27,28,30)/b17-4-,26-5-. The molecule has 0 bridgehead atoms. The number of ether oxygens (including phenoxy) is 1. The number of carbonyl (C=O) groups excluding carboxylic acids is 1. The van der Waals surface area contributed by atoms with Gasteiger partial charge in [-0.15, -0.1) is 13.2 Å². The third-order valence-electron chi connectivity index (χ3n) is 3.83. The van der Waals surface area contributed by atoms with Gasteiger partial charge in [-0.2, -0.15) is 5.10 Å². The lowest BCUT2D eigenvalue weighted by Gasteiger charge is -2.21. The van der Waals surface area contributed by atoms with Crippen LogP contribution in [0.3, 0.4) is 0 Å². The minimum atomic E-state index is -4.94. The normalized spacial score (nSPS) is 12.1. The van der Waals surface area contributed by atoms with Crippen LogP contribution in [0.25, 0.3) is 5.70 Å². The molecular formula is C20H19F5N4O2. The average molecular weight is 442 g/mol. The average Bonchev–Trinajstić information content (AvgIpc) is 2.66. The van der Waals surface area contributed by atoms with E-state index < -0.39 is 29.8 Å². The lowest BCUT2D eigenvalue weighted by atomic mass is 10.1.